The number of amides is 16. The number of carboxylic acids is 2. The number of aromatic nitrogens is 4. The van der Waals surface area contributed by atoms with E-state index < -0.39 is 254 Å². The monoisotopic (exact) mass is 1880 g/mol. The van der Waals surface area contributed by atoms with Crippen molar-refractivity contribution in [1.82, 2.24) is 97.6 Å². The number of aliphatic hydroxyl groups is 1. The van der Waals surface area contributed by atoms with E-state index in [1.54, 1.807) is 60.9 Å². The number of thioether (sulfide) groups is 1. The van der Waals surface area contributed by atoms with Gasteiger partial charge in [0.25, 0.3) is 0 Å². The first kappa shape index (κ1) is 104. The summed E-state index contributed by atoms with van der Waals surface area (Å²) in [5.74, 6) is -19.8. The Morgan fingerprint density at radius 3 is 1.62 bits per heavy atom. The van der Waals surface area contributed by atoms with E-state index >= 15 is 38.4 Å². The molecule has 3 aromatic carbocycles. The average Bonchev–Trinajstić information content (AvgIpc) is 1.13. The molecule has 3 aromatic heterocycles. The van der Waals surface area contributed by atoms with Crippen LogP contribution in [0.3, 0.4) is 0 Å². The van der Waals surface area contributed by atoms with Crippen molar-refractivity contribution >= 4 is 140 Å². The van der Waals surface area contributed by atoms with E-state index in [0.717, 1.165) is 36.3 Å². The van der Waals surface area contributed by atoms with Crippen LogP contribution < -0.4 is 70.4 Å². The van der Waals surface area contributed by atoms with Gasteiger partial charge in [-0.15, -0.1) is 11.8 Å². The van der Waals surface area contributed by atoms with E-state index in [0.29, 0.717) is 64.2 Å². The number of imidazole rings is 1. The third-order valence-corrected chi connectivity index (χ3v) is 25.0. The van der Waals surface area contributed by atoms with Gasteiger partial charge in [0.05, 0.1) is 31.1 Å². The molecule has 23 N–H and O–H groups in total. The number of hydrogen-bond acceptors (Lipinski definition) is 24. The number of primary amides is 1. The number of fused-ring (bicyclic) bond motifs is 4. The number of H-pyrrole nitrogens is 3. The van der Waals surface area contributed by atoms with E-state index in [1.165, 1.54) is 64.9 Å². The molecule has 726 valence electrons. The first-order valence-corrected chi connectivity index (χ1v) is 45.7. The highest BCUT2D eigenvalue weighted by Gasteiger charge is 2.47. The molecule has 9 rings (SSSR count). The molecule has 15 atom stereocenters. The zero-order valence-corrected chi connectivity index (χ0v) is 76.4. The lowest BCUT2D eigenvalue weighted by atomic mass is 9.99. The molecule has 0 unspecified atom stereocenters. The largest absolute Gasteiger partial charge is 0.508 e. The van der Waals surface area contributed by atoms with Gasteiger partial charge in [-0.25, -0.2) is 4.98 Å². The van der Waals surface area contributed by atoms with Crippen LogP contribution in [0.2, 0.25) is 0 Å². The number of aliphatic carboxylic acids is 2. The molecule has 0 saturated carbocycles. The predicted molar refractivity (Wildman–Crippen MR) is 487 cm³/mol. The van der Waals surface area contributed by atoms with Crippen LogP contribution in [0.5, 0.6) is 5.75 Å². The third kappa shape index (κ3) is 28.5. The van der Waals surface area contributed by atoms with Gasteiger partial charge in [0.15, 0.2) is 0 Å². The number of nitrogens with one attached hydrogen (secondary N) is 13. The van der Waals surface area contributed by atoms with E-state index in [1.807, 2.05) is 13.8 Å². The summed E-state index contributed by atoms with van der Waals surface area (Å²) in [7, 11) is 3.88. The summed E-state index contributed by atoms with van der Waals surface area (Å²) < 4.78 is 0. The van der Waals surface area contributed by atoms with Crippen molar-refractivity contribution in [3.05, 3.63) is 120 Å². The fourth-order valence-corrected chi connectivity index (χ4v) is 17.3. The number of aliphatic hydroxyl groups excluding tert-OH is 1. The number of phenols is 1. The van der Waals surface area contributed by atoms with Crippen molar-refractivity contribution in [1.29, 1.82) is 0 Å². The highest BCUT2D eigenvalue weighted by atomic mass is 32.2. The zero-order valence-electron chi connectivity index (χ0n) is 75.5. The van der Waals surface area contributed by atoms with Gasteiger partial charge in [0.2, 0.25) is 94.5 Å². The Labute approximate surface area is 776 Å². The van der Waals surface area contributed by atoms with Gasteiger partial charge in [0, 0.05) is 125 Å². The molecule has 3 fully saturated rings. The molecule has 3 aliphatic rings. The van der Waals surface area contributed by atoms with Gasteiger partial charge in [-0.05, 0) is 106 Å². The maximum atomic E-state index is 15.8. The van der Waals surface area contributed by atoms with Crippen LogP contribution in [0, 0.1) is 0 Å². The van der Waals surface area contributed by atoms with Crippen LogP contribution >= 0.6 is 11.8 Å². The number of hydrogen-bond donors (Lipinski definition) is 20. The Morgan fingerprint density at radius 2 is 1.04 bits per heavy atom. The van der Waals surface area contributed by atoms with Gasteiger partial charge in [0.1, 0.15) is 90.3 Å². The van der Waals surface area contributed by atoms with Crippen LogP contribution in [-0.4, -0.2) is 327 Å². The number of aromatic hydroxyl groups is 1. The number of rotatable bonds is 26. The molecule has 0 radical (unpaired) electrons. The fraction of sp³-hybridized carbons (Fsp3) is 0.517. The second-order valence-electron chi connectivity index (χ2n) is 33.7. The van der Waals surface area contributed by atoms with Crippen LogP contribution in [-0.2, 0) is 112 Å². The highest BCUT2D eigenvalue weighted by Crippen LogP contribution is 2.28. The highest BCUT2D eigenvalue weighted by molar-refractivity contribution is 8.00. The number of aromatic amines is 3. The standard InChI is InChI=1S/C89H122N22O22S/c1-7-9-20-68-82(126)100-60(30-32-91)79(123)106-67(77(121)96-43-72(92)114)45-134-46-73(115)98-64(34-49-23-25-53(112)26-24-49)85(129)107(4)48(3)76(120)104-66(39-75(118)119)88(132)110-33-15-22-69(110)83(127)103-63(37-52-42-93-47-97-52)81(125)101-61(27-28-74(116)117)87(131)111-44-54(113)38-71(111)84(128)102-62(35-50-40-94-57-18-13-11-16-55(50)57)80(124)99-59(29-31-90)78(122)105-65(36-51-41-95-58-19-14-12-17-56(51)58)86(130)109(6)70(21-10-8-2)89(133)108(68)5/h11-14,16-19,23-26,40-42,47-48,54,59-71,94-95,112-113H,7-10,15,20-22,27-39,43-46,90-91H2,1-6H3,(H2,92,114)(H,93,97)(H,96,121)(H,98,115)(H,99,124)(H,100,126)(H,101,125)(H,102,128)(H,103,127)(H,104,120)(H,105,122)(H,106,123)(H,116,117)(H,118,119)/t48-,54+,59-,60-,61-,62-,63-,64-,65-,66-,67-,68-,69-,70-,71-/m0/s1. The van der Waals surface area contributed by atoms with E-state index in [2.05, 4.69) is 73.1 Å². The predicted octanol–water partition coefficient (Wildman–Crippen LogP) is -3.07. The summed E-state index contributed by atoms with van der Waals surface area (Å²) in [6.07, 6.45) is 1.15. The fourth-order valence-electron chi connectivity index (χ4n) is 16.5. The summed E-state index contributed by atoms with van der Waals surface area (Å²) in [6.45, 7) is 2.88. The minimum atomic E-state index is -1.94. The van der Waals surface area contributed by atoms with Crippen LogP contribution in [0.4, 0.5) is 0 Å². The topological polar surface area (TPSA) is 663 Å². The molecule has 0 bridgehead atoms. The summed E-state index contributed by atoms with van der Waals surface area (Å²) in [5, 5.41) is 69.3. The molecule has 0 spiro atoms. The van der Waals surface area contributed by atoms with Crippen molar-refractivity contribution in [2.24, 2.45) is 17.2 Å². The van der Waals surface area contributed by atoms with Gasteiger partial charge >= 0.3 is 11.9 Å². The average molecular weight is 1880 g/mol. The molecule has 45 heteroatoms. The minimum absolute atomic E-state index is 0.00366. The molecule has 16 amide bonds. The molecule has 6 aromatic rings. The number of carbonyl (C=O) groups is 18. The third-order valence-electron chi connectivity index (χ3n) is 24.0. The molecular formula is C89H122N22O22S. The summed E-state index contributed by atoms with van der Waals surface area (Å²) in [5.41, 5.74) is 20.6. The van der Waals surface area contributed by atoms with Crippen molar-refractivity contribution in [2.75, 3.05) is 65.4 Å². The lowest BCUT2D eigenvalue weighted by Crippen LogP contribution is -2.61. The van der Waals surface area contributed by atoms with E-state index in [9.17, 15) is 68.4 Å². The second-order valence-corrected chi connectivity index (χ2v) is 34.7. The lowest BCUT2D eigenvalue weighted by Gasteiger charge is -2.36. The van der Waals surface area contributed by atoms with Crippen LogP contribution in [0.25, 0.3) is 21.8 Å². The smallest absolute Gasteiger partial charge is 0.305 e. The SMILES string of the molecule is CCCC[C@H]1C(=O)N(C)[C@@H](CCCC)C(=O)N[C@@H](CCN)C(=O)N[C@H](C(=O)NCC(N)=O)CSCC(=O)N[C@@H](Cc2ccc(O)cc2)C(=O)N(C)[C@@H](C)C(=O)N[C@@H](CC(=O)O)C(=O)N2CCC[C@H]2C(=O)N[C@@H](Cc2cnc[nH]2)C(=O)N[C@@H](CCC(=O)O)C(=O)N2C[C@H](O)C[C@H]2C(=O)N[C@@H](Cc2c[nH]c3ccccc23)C(=O)N[C@@H](CCN)C(=O)N[C@@H](Cc2c[nH]c3ccccc23)C(=O)N1C. The lowest BCUT2D eigenvalue weighted by molar-refractivity contribution is -0.149. The molecule has 3 saturated heterocycles. The first-order chi connectivity index (χ1) is 63.9. The number of phenolic OH excluding ortho intramolecular Hbond substituents is 1. The van der Waals surface area contributed by atoms with Gasteiger partial charge < -0.3 is 130 Å². The maximum absolute atomic E-state index is 15.8. The Hall–Kier alpha value is -13.6. The summed E-state index contributed by atoms with van der Waals surface area (Å²) in [6, 6.07) is -2.91. The Bertz CT molecular complexity index is 5190. The number of benzene rings is 3. The molecule has 0 aliphatic carbocycles. The van der Waals surface area contributed by atoms with Crippen LogP contribution in [0.1, 0.15) is 133 Å². The number of likely N-dealkylation sites (N-methyl/N-ethyl adjacent to an activating group) is 3. The normalized spacial score (nSPS) is 24.8. The number of unbranched alkanes of at least 4 members (excludes halogenated alkanes) is 2. The molecule has 44 nitrogen and oxygen atoms in total. The van der Waals surface area contributed by atoms with Crippen molar-refractivity contribution in [3.63, 3.8) is 0 Å². The number of nitrogens with zero attached hydrogens (tertiary/aromatic N) is 6. The first-order valence-electron chi connectivity index (χ1n) is 44.6. The maximum Gasteiger partial charge on any atom is 0.305 e. The number of carboxylic acid groups (broad SMARTS) is 2. The Kier molecular flexibility index (Phi) is 38.7. The number of nitrogens with two attached hydrogens (primary N) is 3. The van der Waals surface area contributed by atoms with Crippen molar-refractivity contribution in [3.8, 4) is 5.75 Å². The van der Waals surface area contributed by atoms with Gasteiger partial charge in [-0.3, -0.25) is 86.3 Å². The quantitative estimate of drug-likeness (QED) is 0.0256. The summed E-state index contributed by atoms with van der Waals surface area (Å²) >= 11 is 0.752. The van der Waals surface area contributed by atoms with Crippen LogP contribution in [0.15, 0.2) is 97.7 Å². The summed E-state index contributed by atoms with van der Waals surface area (Å²) in [4.78, 5) is 280. The van der Waals surface area contributed by atoms with Crippen molar-refractivity contribution in [2.45, 2.75) is 227 Å². The van der Waals surface area contributed by atoms with Gasteiger partial charge in [-0.1, -0.05) is 88.1 Å². The Morgan fingerprint density at radius 1 is 0.522 bits per heavy atom. The number of para-hydroxylation sites is 2. The van der Waals surface area contributed by atoms with Gasteiger partial charge in [-0.2, -0.15) is 0 Å². The molecule has 6 heterocycles. The minimum Gasteiger partial charge on any atom is -0.508 e. The Balaban J connectivity index is 1.10. The number of carbonyl (C=O) groups excluding carboxylic acids is 16. The zero-order chi connectivity index (χ0) is 97.7. The van der Waals surface area contributed by atoms with E-state index in [-0.39, 0.29) is 88.9 Å². The molecule has 3 aliphatic heterocycles. The second kappa shape index (κ2) is 49.8. The van der Waals surface area contributed by atoms with Crippen molar-refractivity contribution < 1.29 is 107 Å². The molecular weight excluding hydrogens is 1760 g/mol. The van der Waals surface area contributed by atoms with E-state index in [4.69, 9.17) is 17.2 Å². The molecule has 134 heavy (non-hydrogen) atoms.